The van der Waals surface area contributed by atoms with E-state index in [1.165, 1.54) is 24.3 Å². The Labute approximate surface area is 83.7 Å². The zero-order valence-corrected chi connectivity index (χ0v) is 7.45. The zero-order chi connectivity index (χ0) is 11.5. The van der Waals surface area contributed by atoms with Crippen LogP contribution in [0.1, 0.15) is 15.9 Å². The van der Waals surface area contributed by atoms with Crippen LogP contribution in [0, 0.1) is 0 Å². The SMILES string of the molecule is O=C(O)c1ccc(C=CC(F)(F)F)cc1. The predicted molar refractivity (Wildman–Crippen MR) is 48.5 cm³/mol. The molecule has 1 rings (SSSR count). The van der Waals surface area contributed by atoms with Crippen LogP contribution in [0.4, 0.5) is 13.2 Å². The summed E-state index contributed by atoms with van der Waals surface area (Å²) >= 11 is 0. The first kappa shape index (κ1) is 11.3. The van der Waals surface area contributed by atoms with Crippen LogP contribution in [0.3, 0.4) is 0 Å². The normalized spacial score (nSPS) is 11.9. The van der Waals surface area contributed by atoms with Crippen LogP contribution in [-0.4, -0.2) is 17.3 Å². The second-order valence-electron chi connectivity index (χ2n) is 2.80. The second kappa shape index (κ2) is 4.16. The van der Waals surface area contributed by atoms with Gasteiger partial charge in [-0.3, -0.25) is 0 Å². The summed E-state index contributed by atoms with van der Waals surface area (Å²) in [6.45, 7) is 0. The number of carboxylic acid groups (broad SMARTS) is 1. The highest BCUT2D eigenvalue weighted by atomic mass is 19.4. The van der Waals surface area contributed by atoms with Crippen LogP contribution < -0.4 is 0 Å². The molecule has 0 aliphatic rings. The fraction of sp³-hybridized carbons (Fsp3) is 0.100. The van der Waals surface area contributed by atoms with Crippen molar-refractivity contribution in [3.8, 4) is 0 Å². The maximum atomic E-state index is 11.8. The molecule has 0 unspecified atom stereocenters. The highest BCUT2D eigenvalue weighted by Gasteiger charge is 2.21. The largest absolute Gasteiger partial charge is 0.478 e. The molecule has 1 aromatic carbocycles. The number of hydrogen-bond acceptors (Lipinski definition) is 1. The Balaban J connectivity index is 2.82. The number of alkyl halides is 3. The van der Waals surface area contributed by atoms with Gasteiger partial charge in [0.2, 0.25) is 0 Å². The molecule has 5 heteroatoms. The average molecular weight is 216 g/mol. The molecule has 0 saturated carbocycles. The lowest BCUT2D eigenvalue weighted by Gasteiger charge is -1.98. The van der Waals surface area contributed by atoms with Crippen LogP contribution in [0.15, 0.2) is 30.3 Å². The number of allylic oxidation sites excluding steroid dienone is 1. The van der Waals surface area contributed by atoms with Crippen molar-refractivity contribution >= 4 is 12.0 Å². The van der Waals surface area contributed by atoms with Gasteiger partial charge in [0.05, 0.1) is 5.56 Å². The molecule has 2 nitrogen and oxygen atoms in total. The molecule has 0 aromatic heterocycles. The third-order valence-corrected chi connectivity index (χ3v) is 1.62. The van der Waals surface area contributed by atoms with Gasteiger partial charge in [0.25, 0.3) is 0 Å². The van der Waals surface area contributed by atoms with Gasteiger partial charge in [-0.1, -0.05) is 18.2 Å². The summed E-state index contributed by atoms with van der Waals surface area (Å²) in [5, 5.41) is 8.54. The van der Waals surface area contributed by atoms with E-state index < -0.39 is 12.1 Å². The van der Waals surface area contributed by atoms with Gasteiger partial charge in [-0.2, -0.15) is 13.2 Å². The predicted octanol–water partition coefficient (Wildman–Crippen LogP) is 2.96. The highest BCUT2D eigenvalue weighted by Crippen LogP contribution is 2.18. The molecule has 1 aromatic rings. The summed E-state index contributed by atoms with van der Waals surface area (Å²) in [6, 6.07) is 5.12. The van der Waals surface area contributed by atoms with E-state index in [1.54, 1.807) is 0 Å². The first-order valence-corrected chi connectivity index (χ1v) is 3.98. The summed E-state index contributed by atoms with van der Waals surface area (Å²) < 4.78 is 35.3. The van der Waals surface area contributed by atoms with E-state index in [2.05, 4.69) is 0 Å². The Morgan fingerprint density at radius 2 is 1.73 bits per heavy atom. The molecule has 0 atom stereocenters. The Morgan fingerprint density at radius 1 is 1.20 bits per heavy atom. The smallest absolute Gasteiger partial charge is 0.409 e. The van der Waals surface area contributed by atoms with E-state index in [0.717, 1.165) is 6.08 Å². The Kier molecular flexibility index (Phi) is 3.14. The van der Waals surface area contributed by atoms with Crippen LogP contribution in [0.25, 0.3) is 6.08 Å². The topological polar surface area (TPSA) is 37.3 Å². The molecule has 0 aliphatic heterocycles. The quantitative estimate of drug-likeness (QED) is 0.825. The number of carboxylic acids is 1. The van der Waals surface area contributed by atoms with E-state index in [-0.39, 0.29) is 11.6 Å². The van der Waals surface area contributed by atoms with E-state index in [4.69, 9.17) is 5.11 Å². The first-order chi connectivity index (χ1) is 6.88. The van der Waals surface area contributed by atoms with Gasteiger partial charge in [0, 0.05) is 6.08 Å². The highest BCUT2D eigenvalue weighted by molar-refractivity contribution is 5.87. The third-order valence-electron chi connectivity index (χ3n) is 1.62. The molecule has 0 bridgehead atoms. The molecule has 0 radical (unpaired) electrons. The van der Waals surface area contributed by atoms with Crippen molar-refractivity contribution in [2.75, 3.05) is 0 Å². The minimum absolute atomic E-state index is 0.0409. The van der Waals surface area contributed by atoms with Crippen molar-refractivity contribution in [2.24, 2.45) is 0 Å². The fourth-order valence-corrected chi connectivity index (χ4v) is 0.928. The zero-order valence-electron chi connectivity index (χ0n) is 7.45. The van der Waals surface area contributed by atoms with E-state index in [9.17, 15) is 18.0 Å². The number of benzene rings is 1. The second-order valence-corrected chi connectivity index (χ2v) is 2.80. The molecule has 0 heterocycles. The van der Waals surface area contributed by atoms with Crippen molar-refractivity contribution < 1.29 is 23.1 Å². The molecule has 15 heavy (non-hydrogen) atoms. The molecule has 0 saturated heterocycles. The van der Waals surface area contributed by atoms with E-state index >= 15 is 0 Å². The Morgan fingerprint density at radius 3 is 2.13 bits per heavy atom. The molecule has 0 fully saturated rings. The molecule has 0 spiro atoms. The van der Waals surface area contributed by atoms with Crippen LogP contribution in [0.2, 0.25) is 0 Å². The Hall–Kier alpha value is -1.78. The molecular weight excluding hydrogens is 209 g/mol. The van der Waals surface area contributed by atoms with Gasteiger partial charge < -0.3 is 5.11 Å². The summed E-state index contributed by atoms with van der Waals surface area (Å²) in [4.78, 5) is 10.4. The van der Waals surface area contributed by atoms with Crippen molar-refractivity contribution in [1.82, 2.24) is 0 Å². The molecule has 80 valence electrons. The van der Waals surface area contributed by atoms with E-state index in [0.29, 0.717) is 5.56 Å². The van der Waals surface area contributed by atoms with Gasteiger partial charge >= 0.3 is 12.1 Å². The summed E-state index contributed by atoms with van der Waals surface area (Å²) in [6.07, 6.45) is -3.38. The van der Waals surface area contributed by atoms with Crippen molar-refractivity contribution in [3.05, 3.63) is 41.5 Å². The van der Waals surface area contributed by atoms with Gasteiger partial charge in [-0.25, -0.2) is 4.79 Å². The molecule has 0 amide bonds. The number of rotatable bonds is 2. The number of carbonyl (C=O) groups is 1. The van der Waals surface area contributed by atoms with Crippen LogP contribution in [-0.2, 0) is 0 Å². The van der Waals surface area contributed by atoms with Gasteiger partial charge in [-0.05, 0) is 17.7 Å². The van der Waals surface area contributed by atoms with Crippen molar-refractivity contribution in [3.63, 3.8) is 0 Å². The monoisotopic (exact) mass is 216 g/mol. The van der Waals surface area contributed by atoms with E-state index in [1.807, 2.05) is 0 Å². The summed E-state index contributed by atoms with van der Waals surface area (Å²) in [5.74, 6) is -1.11. The lowest BCUT2D eigenvalue weighted by atomic mass is 10.1. The van der Waals surface area contributed by atoms with Crippen molar-refractivity contribution in [2.45, 2.75) is 6.18 Å². The lowest BCUT2D eigenvalue weighted by molar-refractivity contribution is -0.0790. The molecule has 1 N–H and O–H groups in total. The van der Waals surface area contributed by atoms with Gasteiger partial charge in [-0.15, -0.1) is 0 Å². The number of aromatic carboxylic acids is 1. The summed E-state index contributed by atoms with van der Waals surface area (Å²) in [7, 11) is 0. The van der Waals surface area contributed by atoms with Crippen LogP contribution in [0.5, 0.6) is 0 Å². The van der Waals surface area contributed by atoms with Crippen molar-refractivity contribution in [1.29, 1.82) is 0 Å². The van der Waals surface area contributed by atoms with Crippen LogP contribution >= 0.6 is 0 Å². The number of hydrogen-bond donors (Lipinski definition) is 1. The molecular formula is C10H7F3O2. The molecule has 0 aliphatic carbocycles. The maximum Gasteiger partial charge on any atom is 0.409 e. The standard InChI is InChI=1S/C10H7F3O2/c11-10(12,13)6-5-7-1-3-8(4-2-7)9(14)15/h1-6H,(H,14,15). The van der Waals surface area contributed by atoms with Gasteiger partial charge in [0.1, 0.15) is 0 Å². The summed E-state index contributed by atoms with van der Waals surface area (Å²) in [5.41, 5.74) is 0.344. The Bertz CT molecular complexity index is 377. The minimum Gasteiger partial charge on any atom is -0.478 e. The third kappa shape index (κ3) is 3.84. The fourth-order valence-electron chi connectivity index (χ4n) is 0.928. The first-order valence-electron chi connectivity index (χ1n) is 3.98. The number of halogens is 3. The van der Waals surface area contributed by atoms with Gasteiger partial charge in [0.15, 0.2) is 0 Å². The average Bonchev–Trinajstić information content (AvgIpc) is 2.14. The lowest BCUT2D eigenvalue weighted by Crippen LogP contribution is -2.00. The minimum atomic E-state index is -4.36. The maximum absolute atomic E-state index is 11.8.